The molecule has 0 radical (unpaired) electrons. The van der Waals surface area contributed by atoms with Crippen LogP contribution in [0.3, 0.4) is 0 Å². The lowest BCUT2D eigenvalue weighted by atomic mass is 10.2. The lowest BCUT2D eigenvalue weighted by Crippen LogP contribution is -1.77. The Hall–Kier alpha value is -1.15. The minimum Gasteiger partial charge on any atom is -0.381 e. The molecule has 1 saturated heterocycles. The average molecular weight is 192 g/mol. The standard InChI is InChI=1S/C8H8O.C4H8O/c1-7-2-4-8(6-9)5-3-7;1-2-4-5-3-1/h2-6H,1H3;1-4H2. The normalized spacial score (nSPS) is 14.4. The number of aldehydes is 1. The van der Waals surface area contributed by atoms with E-state index >= 15 is 0 Å². The average Bonchev–Trinajstić information content (AvgIpc) is 2.77. The van der Waals surface area contributed by atoms with Crippen LogP contribution in [0, 0.1) is 6.92 Å². The molecule has 76 valence electrons. The van der Waals surface area contributed by atoms with E-state index < -0.39 is 0 Å². The first-order valence-electron chi connectivity index (χ1n) is 4.92. The van der Waals surface area contributed by atoms with Gasteiger partial charge in [0.2, 0.25) is 0 Å². The first-order valence-corrected chi connectivity index (χ1v) is 4.92. The molecule has 1 heterocycles. The minimum absolute atomic E-state index is 0.737. The summed E-state index contributed by atoms with van der Waals surface area (Å²) in [5, 5.41) is 0. The molecule has 0 bridgehead atoms. The number of ether oxygens (including phenoxy) is 1. The lowest BCUT2D eigenvalue weighted by molar-refractivity contribution is 0.112. The second-order valence-corrected chi connectivity index (χ2v) is 3.35. The van der Waals surface area contributed by atoms with E-state index in [-0.39, 0.29) is 0 Å². The smallest absolute Gasteiger partial charge is 0.150 e. The maximum atomic E-state index is 10.1. The van der Waals surface area contributed by atoms with Crippen LogP contribution < -0.4 is 0 Å². The number of rotatable bonds is 1. The fourth-order valence-electron chi connectivity index (χ4n) is 1.16. The molecule has 0 N–H and O–H groups in total. The summed E-state index contributed by atoms with van der Waals surface area (Å²) >= 11 is 0. The van der Waals surface area contributed by atoms with Crippen molar-refractivity contribution in [3.63, 3.8) is 0 Å². The van der Waals surface area contributed by atoms with Crippen LogP contribution in [0.5, 0.6) is 0 Å². The van der Waals surface area contributed by atoms with Gasteiger partial charge in [-0.05, 0) is 19.8 Å². The van der Waals surface area contributed by atoms with Gasteiger partial charge in [0.05, 0.1) is 0 Å². The highest BCUT2D eigenvalue weighted by molar-refractivity contribution is 5.74. The van der Waals surface area contributed by atoms with Crippen molar-refractivity contribution in [1.29, 1.82) is 0 Å². The highest BCUT2D eigenvalue weighted by Gasteiger charge is 1.94. The first kappa shape index (κ1) is 10.9. The van der Waals surface area contributed by atoms with E-state index in [1.807, 2.05) is 31.2 Å². The number of benzene rings is 1. The number of hydrogen-bond acceptors (Lipinski definition) is 2. The molecule has 0 aliphatic carbocycles. The minimum atomic E-state index is 0.737. The summed E-state index contributed by atoms with van der Waals surface area (Å²) in [6.45, 7) is 3.99. The Morgan fingerprint density at radius 1 is 1.14 bits per heavy atom. The molecule has 0 atom stereocenters. The van der Waals surface area contributed by atoms with Crippen molar-refractivity contribution in [2.75, 3.05) is 13.2 Å². The van der Waals surface area contributed by atoms with Crippen molar-refractivity contribution < 1.29 is 9.53 Å². The summed E-state index contributed by atoms with van der Waals surface area (Å²) in [6, 6.07) is 7.46. The van der Waals surface area contributed by atoms with E-state index in [2.05, 4.69) is 0 Å². The molecule has 0 aromatic heterocycles. The molecule has 2 nitrogen and oxygen atoms in total. The molecule has 1 fully saturated rings. The summed E-state index contributed by atoms with van der Waals surface area (Å²) in [6.07, 6.45) is 3.40. The molecule has 0 saturated carbocycles. The Labute approximate surface area is 84.9 Å². The number of carbonyl (C=O) groups is 1. The van der Waals surface area contributed by atoms with Crippen molar-refractivity contribution >= 4 is 6.29 Å². The lowest BCUT2D eigenvalue weighted by Gasteiger charge is -1.89. The van der Waals surface area contributed by atoms with E-state index in [4.69, 9.17) is 4.74 Å². The van der Waals surface area contributed by atoms with Crippen LogP contribution in [0.4, 0.5) is 0 Å². The second-order valence-electron chi connectivity index (χ2n) is 3.35. The molecule has 1 aliphatic heterocycles. The van der Waals surface area contributed by atoms with Crippen LogP contribution in [-0.4, -0.2) is 19.5 Å². The van der Waals surface area contributed by atoms with Gasteiger partial charge >= 0.3 is 0 Å². The Morgan fingerprint density at radius 3 is 2.07 bits per heavy atom. The van der Waals surface area contributed by atoms with E-state index in [9.17, 15) is 4.79 Å². The van der Waals surface area contributed by atoms with Crippen LogP contribution in [0.15, 0.2) is 24.3 Å². The van der Waals surface area contributed by atoms with Crippen LogP contribution in [-0.2, 0) is 4.74 Å². The molecule has 1 aromatic carbocycles. The molecule has 0 amide bonds. The van der Waals surface area contributed by atoms with Crippen molar-refractivity contribution in [2.45, 2.75) is 19.8 Å². The zero-order valence-corrected chi connectivity index (χ0v) is 8.53. The summed E-state index contributed by atoms with van der Waals surface area (Å²) in [5.74, 6) is 0. The van der Waals surface area contributed by atoms with Crippen LogP contribution in [0.2, 0.25) is 0 Å². The predicted octanol–water partition coefficient (Wildman–Crippen LogP) is 2.60. The van der Waals surface area contributed by atoms with Gasteiger partial charge < -0.3 is 4.74 Å². The maximum absolute atomic E-state index is 10.1. The third-order valence-electron chi connectivity index (χ3n) is 2.04. The van der Waals surface area contributed by atoms with Gasteiger partial charge in [-0.1, -0.05) is 29.8 Å². The molecule has 0 unspecified atom stereocenters. The highest BCUT2D eigenvalue weighted by Crippen LogP contribution is 1.99. The second kappa shape index (κ2) is 6.33. The largest absolute Gasteiger partial charge is 0.381 e. The van der Waals surface area contributed by atoms with E-state index in [0.717, 1.165) is 25.1 Å². The van der Waals surface area contributed by atoms with Gasteiger partial charge in [-0.2, -0.15) is 0 Å². The van der Waals surface area contributed by atoms with E-state index in [1.165, 1.54) is 18.4 Å². The summed E-state index contributed by atoms with van der Waals surface area (Å²) < 4.78 is 4.94. The quantitative estimate of drug-likeness (QED) is 0.639. The third-order valence-corrected chi connectivity index (χ3v) is 2.04. The van der Waals surface area contributed by atoms with Crippen molar-refractivity contribution in [3.8, 4) is 0 Å². The fraction of sp³-hybridized carbons (Fsp3) is 0.417. The SMILES string of the molecule is C1CCOC1.Cc1ccc(C=O)cc1. The van der Waals surface area contributed by atoms with E-state index in [0.29, 0.717) is 0 Å². The van der Waals surface area contributed by atoms with Gasteiger partial charge in [0.15, 0.2) is 0 Å². The van der Waals surface area contributed by atoms with Gasteiger partial charge in [-0.15, -0.1) is 0 Å². The van der Waals surface area contributed by atoms with Crippen LogP contribution >= 0.6 is 0 Å². The molecule has 2 rings (SSSR count). The van der Waals surface area contributed by atoms with Crippen molar-refractivity contribution in [2.24, 2.45) is 0 Å². The molecular weight excluding hydrogens is 176 g/mol. The molecule has 0 spiro atoms. The van der Waals surface area contributed by atoms with Crippen LogP contribution in [0.25, 0.3) is 0 Å². The third kappa shape index (κ3) is 4.19. The predicted molar refractivity (Wildman–Crippen MR) is 56.6 cm³/mol. The topological polar surface area (TPSA) is 26.3 Å². The Balaban J connectivity index is 0.000000165. The summed E-state index contributed by atoms with van der Waals surface area (Å²) in [4.78, 5) is 10.1. The van der Waals surface area contributed by atoms with Crippen LogP contribution in [0.1, 0.15) is 28.8 Å². The number of hydrogen-bond donors (Lipinski definition) is 0. The molecular formula is C12H16O2. The zero-order chi connectivity index (χ0) is 10.2. The highest BCUT2D eigenvalue weighted by atomic mass is 16.5. The van der Waals surface area contributed by atoms with Gasteiger partial charge in [-0.3, -0.25) is 4.79 Å². The Bertz CT molecular complexity index is 253. The fourth-order valence-corrected chi connectivity index (χ4v) is 1.16. The van der Waals surface area contributed by atoms with E-state index in [1.54, 1.807) is 0 Å². The van der Waals surface area contributed by atoms with Gasteiger partial charge in [0.25, 0.3) is 0 Å². The number of aryl methyl sites for hydroxylation is 1. The monoisotopic (exact) mass is 192 g/mol. The van der Waals surface area contributed by atoms with Gasteiger partial charge in [0.1, 0.15) is 6.29 Å². The van der Waals surface area contributed by atoms with Crippen molar-refractivity contribution in [3.05, 3.63) is 35.4 Å². The molecule has 2 heteroatoms. The summed E-state index contributed by atoms with van der Waals surface area (Å²) in [7, 11) is 0. The molecule has 14 heavy (non-hydrogen) atoms. The molecule has 1 aromatic rings. The summed E-state index contributed by atoms with van der Waals surface area (Å²) in [5.41, 5.74) is 1.92. The first-order chi connectivity index (χ1) is 6.83. The Kier molecular flexibility index (Phi) is 4.94. The Morgan fingerprint density at radius 2 is 1.71 bits per heavy atom. The maximum Gasteiger partial charge on any atom is 0.150 e. The van der Waals surface area contributed by atoms with Crippen molar-refractivity contribution in [1.82, 2.24) is 0 Å². The van der Waals surface area contributed by atoms with Gasteiger partial charge in [0, 0.05) is 18.8 Å². The number of carbonyl (C=O) groups excluding carboxylic acids is 1. The molecule has 1 aliphatic rings. The zero-order valence-electron chi connectivity index (χ0n) is 8.53. The van der Waals surface area contributed by atoms with Gasteiger partial charge in [-0.25, -0.2) is 0 Å².